The van der Waals surface area contributed by atoms with Crippen LogP contribution in [0.2, 0.25) is 5.02 Å². The van der Waals surface area contributed by atoms with Gasteiger partial charge in [0, 0.05) is 17.1 Å². The molecule has 0 aromatic heterocycles. The van der Waals surface area contributed by atoms with Crippen LogP contribution in [0.25, 0.3) is 0 Å². The lowest BCUT2D eigenvalue weighted by molar-refractivity contribution is -0.128. The molecule has 1 rings (SSSR count). The minimum absolute atomic E-state index is 0.129. The maximum Gasteiger partial charge on any atom is 0.242 e. The number of hydrogen-bond donors (Lipinski definition) is 2. The molecule has 0 unspecified atom stereocenters. The second kappa shape index (κ2) is 7.09. The van der Waals surface area contributed by atoms with Crippen molar-refractivity contribution in [2.75, 3.05) is 6.54 Å². The highest BCUT2D eigenvalue weighted by atomic mass is 35.5. The summed E-state index contributed by atoms with van der Waals surface area (Å²) >= 11 is 5.82. The lowest BCUT2D eigenvalue weighted by Gasteiger charge is -2.13. The molecule has 0 aliphatic rings. The summed E-state index contributed by atoms with van der Waals surface area (Å²) in [7, 11) is 0. The van der Waals surface area contributed by atoms with Crippen LogP contribution in [0, 0.1) is 5.82 Å². The van der Waals surface area contributed by atoms with Crippen LogP contribution in [0.15, 0.2) is 18.2 Å². The molecule has 0 saturated heterocycles. The van der Waals surface area contributed by atoms with Crippen molar-refractivity contribution in [3.05, 3.63) is 34.6 Å². The summed E-state index contributed by atoms with van der Waals surface area (Å²) in [4.78, 5) is 23.2. The SMILES string of the molecule is CCNC(=O)[C@H](C)NC(=O)Cc1c(F)cccc1Cl. The van der Waals surface area contributed by atoms with Crippen molar-refractivity contribution >= 4 is 23.4 Å². The Balaban J connectivity index is 2.63. The largest absolute Gasteiger partial charge is 0.355 e. The molecule has 0 fully saturated rings. The first-order chi connectivity index (χ1) is 8.95. The number of benzene rings is 1. The van der Waals surface area contributed by atoms with Crippen LogP contribution in [0.4, 0.5) is 4.39 Å². The molecule has 104 valence electrons. The van der Waals surface area contributed by atoms with Gasteiger partial charge in [0.25, 0.3) is 0 Å². The molecule has 0 heterocycles. The minimum Gasteiger partial charge on any atom is -0.355 e. The Labute approximate surface area is 116 Å². The van der Waals surface area contributed by atoms with Crippen molar-refractivity contribution in [1.82, 2.24) is 10.6 Å². The molecule has 2 amide bonds. The Morgan fingerprint density at radius 1 is 1.42 bits per heavy atom. The maximum atomic E-state index is 13.5. The van der Waals surface area contributed by atoms with E-state index < -0.39 is 17.8 Å². The van der Waals surface area contributed by atoms with Crippen LogP contribution in [-0.4, -0.2) is 24.4 Å². The van der Waals surface area contributed by atoms with Gasteiger partial charge in [-0.05, 0) is 26.0 Å². The summed E-state index contributed by atoms with van der Waals surface area (Å²) < 4.78 is 13.5. The van der Waals surface area contributed by atoms with Crippen LogP contribution in [0.5, 0.6) is 0 Å². The molecule has 4 nitrogen and oxygen atoms in total. The van der Waals surface area contributed by atoms with Crippen LogP contribution in [0.1, 0.15) is 19.4 Å². The lowest BCUT2D eigenvalue weighted by Crippen LogP contribution is -2.45. The molecule has 19 heavy (non-hydrogen) atoms. The summed E-state index contributed by atoms with van der Waals surface area (Å²) in [6.45, 7) is 3.83. The molecule has 0 radical (unpaired) electrons. The number of carbonyl (C=O) groups excluding carboxylic acids is 2. The highest BCUT2D eigenvalue weighted by molar-refractivity contribution is 6.31. The molecule has 2 N–H and O–H groups in total. The van der Waals surface area contributed by atoms with Gasteiger partial charge < -0.3 is 10.6 Å². The van der Waals surface area contributed by atoms with Crippen molar-refractivity contribution in [1.29, 1.82) is 0 Å². The van der Waals surface area contributed by atoms with Gasteiger partial charge >= 0.3 is 0 Å². The fraction of sp³-hybridized carbons (Fsp3) is 0.385. The summed E-state index contributed by atoms with van der Waals surface area (Å²) in [5, 5.41) is 5.27. The third kappa shape index (κ3) is 4.52. The summed E-state index contributed by atoms with van der Waals surface area (Å²) in [6, 6.07) is 3.55. The van der Waals surface area contributed by atoms with Gasteiger partial charge in [-0.1, -0.05) is 17.7 Å². The molecule has 1 aromatic rings. The van der Waals surface area contributed by atoms with E-state index >= 15 is 0 Å². The smallest absolute Gasteiger partial charge is 0.242 e. The molecule has 6 heteroatoms. The van der Waals surface area contributed by atoms with E-state index in [0.717, 1.165) is 0 Å². The first-order valence-corrected chi connectivity index (χ1v) is 6.33. The summed E-state index contributed by atoms with van der Waals surface area (Å²) in [5.74, 6) is -1.27. The van der Waals surface area contributed by atoms with Crippen LogP contribution < -0.4 is 10.6 Å². The van der Waals surface area contributed by atoms with Crippen molar-refractivity contribution in [3.8, 4) is 0 Å². The molecule has 1 aromatic carbocycles. The zero-order valence-electron chi connectivity index (χ0n) is 10.8. The third-order valence-corrected chi connectivity index (χ3v) is 2.87. The molecule has 0 spiro atoms. The van der Waals surface area contributed by atoms with E-state index in [1.165, 1.54) is 18.2 Å². The van der Waals surface area contributed by atoms with Gasteiger partial charge in [0.2, 0.25) is 11.8 Å². The Morgan fingerprint density at radius 2 is 2.11 bits per heavy atom. The minimum atomic E-state index is -0.669. The number of halogens is 2. The van der Waals surface area contributed by atoms with E-state index in [1.54, 1.807) is 13.8 Å². The Bertz CT molecular complexity index is 459. The lowest BCUT2D eigenvalue weighted by atomic mass is 10.1. The number of amides is 2. The molecule has 0 bridgehead atoms. The van der Waals surface area contributed by atoms with Crippen molar-refractivity contribution in [2.45, 2.75) is 26.3 Å². The normalized spacial score (nSPS) is 11.8. The van der Waals surface area contributed by atoms with Gasteiger partial charge in [-0.25, -0.2) is 4.39 Å². The second-order valence-electron chi connectivity index (χ2n) is 4.06. The average Bonchev–Trinajstić information content (AvgIpc) is 2.34. The Kier molecular flexibility index (Phi) is 5.76. The first-order valence-electron chi connectivity index (χ1n) is 5.95. The van der Waals surface area contributed by atoms with Crippen LogP contribution >= 0.6 is 11.6 Å². The number of rotatable bonds is 5. The van der Waals surface area contributed by atoms with Crippen LogP contribution in [0.3, 0.4) is 0 Å². The van der Waals surface area contributed by atoms with Gasteiger partial charge in [0.05, 0.1) is 6.42 Å². The van der Waals surface area contributed by atoms with Crippen molar-refractivity contribution in [3.63, 3.8) is 0 Å². The fourth-order valence-electron chi connectivity index (χ4n) is 1.55. The van der Waals surface area contributed by atoms with E-state index in [0.29, 0.717) is 6.54 Å². The van der Waals surface area contributed by atoms with Gasteiger partial charge in [-0.15, -0.1) is 0 Å². The number of nitrogens with one attached hydrogen (secondary N) is 2. The average molecular weight is 287 g/mol. The van der Waals surface area contributed by atoms with Gasteiger partial charge in [-0.3, -0.25) is 9.59 Å². The monoisotopic (exact) mass is 286 g/mol. The molecule has 0 aliphatic carbocycles. The highest BCUT2D eigenvalue weighted by Crippen LogP contribution is 2.19. The topological polar surface area (TPSA) is 58.2 Å². The molecular formula is C13H16ClFN2O2. The van der Waals surface area contributed by atoms with Gasteiger partial charge in [-0.2, -0.15) is 0 Å². The quantitative estimate of drug-likeness (QED) is 0.865. The number of carbonyl (C=O) groups is 2. The Morgan fingerprint density at radius 3 is 2.68 bits per heavy atom. The highest BCUT2D eigenvalue weighted by Gasteiger charge is 2.17. The predicted octanol–water partition coefficient (Wildman–Crippen LogP) is 1.66. The van der Waals surface area contributed by atoms with E-state index in [-0.39, 0.29) is 22.9 Å². The van der Waals surface area contributed by atoms with E-state index in [2.05, 4.69) is 10.6 Å². The second-order valence-corrected chi connectivity index (χ2v) is 4.47. The molecular weight excluding hydrogens is 271 g/mol. The zero-order chi connectivity index (χ0) is 14.4. The number of likely N-dealkylation sites (N-methyl/N-ethyl adjacent to an activating group) is 1. The third-order valence-electron chi connectivity index (χ3n) is 2.52. The number of hydrogen-bond acceptors (Lipinski definition) is 2. The van der Waals surface area contributed by atoms with Gasteiger partial charge in [0.1, 0.15) is 11.9 Å². The summed E-state index contributed by atoms with van der Waals surface area (Å²) in [5.41, 5.74) is 0.129. The van der Waals surface area contributed by atoms with Gasteiger partial charge in [0.15, 0.2) is 0 Å². The molecule has 0 aliphatic heterocycles. The maximum absolute atomic E-state index is 13.5. The van der Waals surface area contributed by atoms with Crippen molar-refractivity contribution in [2.24, 2.45) is 0 Å². The van der Waals surface area contributed by atoms with Crippen molar-refractivity contribution < 1.29 is 14.0 Å². The first kappa shape index (κ1) is 15.4. The molecule has 0 saturated carbocycles. The van der Waals surface area contributed by atoms with E-state index in [1.807, 2.05) is 0 Å². The standard InChI is InChI=1S/C13H16ClFN2O2/c1-3-16-13(19)8(2)17-12(18)7-9-10(14)5-4-6-11(9)15/h4-6,8H,3,7H2,1-2H3,(H,16,19)(H,17,18)/t8-/m0/s1. The molecule has 1 atom stereocenters. The predicted molar refractivity (Wildman–Crippen MR) is 71.4 cm³/mol. The van der Waals surface area contributed by atoms with E-state index in [4.69, 9.17) is 11.6 Å². The zero-order valence-corrected chi connectivity index (χ0v) is 11.6. The van der Waals surface area contributed by atoms with E-state index in [9.17, 15) is 14.0 Å². The fourth-order valence-corrected chi connectivity index (χ4v) is 1.78. The van der Waals surface area contributed by atoms with Crippen LogP contribution in [-0.2, 0) is 16.0 Å². The Hall–Kier alpha value is -1.62. The summed E-state index contributed by atoms with van der Waals surface area (Å²) in [6.07, 6.45) is -0.199.